The number of anilines is 1. The lowest BCUT2D eigenvalue weighted by Crippen LogP contribution is -2.55. The van der Waals surface area contributed by atoms with E-state index >= 15 is 0 Å². The maximum absolute atomic E-state index is 15.0. The Morgan fingerprint density at radius 1 is 1.26 bits per heavy atom. The minimum atomic E-state index is -0.399. The quantitative estimate of drug-likeness (QED) is 0.479. The fraction of sp³-hybridized carbons (Fsp3) is 0.346. The minimum Gasteiger partial charge on any atom is -0.496 e. The van der Waals surface area contributed by atoms with Crippen LogP contribution < -0.4 is 9.64 Å². The molecule has 6 nitrogen and oxygen atoms in total. The number of nitrogens with zero attached hydrogens (tertiary/aromatic N) is 4. The highest BCUT2D eigenvalue weighted by Crippen LogP contribution is 2.44. The fourth-order valence-electron chi connectivity index (χ4n) is 5.55. The summed E-state index contributed by atoms with van der Waals surface area (Å²) in [6, 6.07) is 6.82. The van der Waals surface area contributed by atoms with Crippen molar-refractivity contribution in [2.45, 2.75) is 38.3 Å². The summed E-state index contributed by atoms with van der Waals surface area (Å²) in [6.45, 7) is 7.03. The molecule has 0 radical (unpaired) electrons. The van der Waals surface area contributed by atoms with Gasteiger partial charge in [-0.2, -0.15) is 0 Å². The Balaban J connectivity index is 1.64. The number of carbonyl (C=O) groups is 1. The molecular formula is C26H26ClFN4O2. The third-order valence-electron chi connectivity index (χ3n) is 6.97. The van der Waals surface area contributed by atoms with Crippen LogP contribution in [0.1, 0.15) is 25.3 Å². The van der Waals surface area contributed by atoms with Crippen LogP contribution in [-0.2, 0) is 11.2 Å². The Labute approximate surface area is 203 Å². The number of carbonyl (C=O) groups excluding carboxylic acids is 1. The Morgan fingerprint density at radius 3 is 2.65 bits per heavy atom. The Kier molecular flexibility index (Phi) is 5.90. The number of halogens is 2. The monoisotopic (exact) mass is 480 g/mol. The molecule has 2 aliphatic rings. The average Bonchev–Trinajstić information content (AvgIpc) is 3.11. The summed E-state index contributed by atoms with van der Waals surface area (Å²) >= 11 is 6.83. The molecule has 34 heavy (non-hydrogen) atoms. The summed E-state index contributed by atoms with van der Waals surface area (Å²) in [6.07, 6.45) is 5.47. The topological polar surface area (TPSA) is 58.6 Å². The minimum absolute atomic E-state index is 0.0144. The van der Waals surface area contributed by atoms with Gasteiger partial charge in [-0.05, 0) is 49.1 Å². The third kappa shape index (κ3) is 3.50. The average molecular weight is 481 g/mol. The van der Waals surface area contributed by atoms with Gasteiger partial charge in [-0.1, -0.05) is 31.2 Å². The van der Waals surface area contributed by atoms with Crippen molar-refractivity contribution >= 4 is 34.2 Å². The third-order valence-corrected chi connectivity index (χ3v) is 7.27. The molecule has 5 rings (SSSR count). The van der Waals surface area contributed by atoms with Gasteiger partial charge in [0.05, 0.1) is 18.2 Å². The normalized spacial score (nSPS) is 19.5. The van der Waals surface area contributed by atoms with E-state index in [1.54, 1.807) is 18.5 Å². The summed E-state index contributed by atoms with van der Waals surface area (Å²) in [5.41, 5.74) is 2.52. The van der Waals surface area contributed by atoms with E-state index in [1.165, 1.54) is 19.3 Å². The first-order valence-electron chi connectivity index (χ1n) is 11.5. The molecule has 0 N–H and O–H groups in total. The number of hydrogen-bond acceptors (Lipinski definition) is 5. The predicted molar refractivity (Wildman–Crippen MR) is 132 cm³/mol. The van der Waals surface area contributed by atoms with E-state index in [0.717, 1.165) is 35.1 Å². The molecule has 0 aliphatic carbocycles. The zero-order valence-corrected chi connectivity index (χ0v) is 20.0. The largest absolute Gasteiger partial charge is 0.496 e. The van der Waals surface area contributed by atoms with E-state index < -0.39 is 5.82 Å². The Bertz CT molecular complexity index is 1280. The number of rotatable bonds is 5. The van der Waals surface area contributed by atoms with E-state index in [0.29, 0.717) is 41.4 Å². The first-order valence-corrected chi connectivity index (χ1v) is 11.8. The smallest absolute Gasteiger partial charge is 0.246 e. The number of methoxy groups -OCH3 is 1. The van der Waals surface area contributed by atoms with E-state index in [-0.39, 0.29) is 18.0 Å². The lowest BCUT2D eigenvalue weighted by molar-refractivity contribution is -0.129. The SMILES string of the molecule is C=CC(=O)N1C2CCC1CN(c1ncnc3c(CC)c(-c4c(F)cccc4OC)c(Cl)cc13)C2. The number of piperazine rings is 1. The number of amides is 1. The molecule has 3 aromatic rings. The van der Waals surface area contributed by atoms with Crippen LogP contribution >= 0.6 is 11.6 Å². The lowest BCUT2D eigenvalue weighted by Gasteiger charge is -2.41. The zero-order valence-electron chi connectivity index (χ0n) is 19.2. The van der Waals surface area contributed by atoms with Gasteiger partial charge in [-0.15, -0.1) is 0 Å². The van der Waals surface area contributed by atoms with Gasteiger partial charge < -0.3 is 14.5 Å². The maximum Gasteiger partial charge on any atom is 0.246 e. The molecule has 8 heteroatoms. The van der Waals surface area contributed by atoms with Gasteiger partial charge in [0.2, 0.25) is 5.91 Å². The summed E-state index contributed by atoms with van der Waals surface area (Å²) in [5.74, 6) is 0.796. The van der Waals surface area contributed by atoms with Gasteiger partial charge in [-0.3, -0.25) is 4.79 Å². The van der Waals surface area contributed by atoms with Gasteiger partial charge in [-0.25, -0.2) is 14.4 Å². The number of fused-ring (bicyclic) bond motifs is 3. The summed E-state index contributed by atoms with van der Waals surface area (Å²) < 4.78 is 20.5. The highest BCUT2D eigenvalue weighted by molar-refractivity contribution is 6.35. The van der Waals surface area contributed by atoms with E-state index in [2.05, 4.69) is 21.4 Å². The second-order valence-electron chi connectivity index (χ2n) is 8.72. The van der Waals surface area contributed by atoms with Crippen LogP contribution in [0.25, 0.3) is 22.0 Å². The molecule has 2 bridgehead atoms. The lowest BCUT2D eigenvalue weighted by atomic mass is 9.94. The van der Waals surface area contributed by atoms with Gasteiger partial charge in [0, 0.05) is 41.1 Å². The standard InChI is InChI=1S/C26H26ClFN4O2/c1-4-17-23(24-20(28)7-6-8-21(24)34-3)19(27)11-18-25(17)29-14-30-26(18)31-12-15-9-10-16(13-31)32(15)22(33)5-2/h5-8,11,14-16H,2,4,9-10,12-13H2,1,3H3. The molecule has 176 valence electrons. The molecule has 2 unspecified atom stereocenters. The Morgan fingerprint density at radius 2 is 2.00 bits per heavy atom. The van der Waals surface area contributed by atoms with Crippen molar-refractivity contribution in [1.29, 1.82) is 0 Å². The molecule has 2 aliphatic heterocycles. The highest BCUT2D eigenvalue weighted by atomic mass is 35.5. The van der Waals surface area contributed by atoms with Crippen molar-refractivity contribution in [3.05, 3.63) is 59.7 Å². The first kappa shape index (κ1) is 22.6. The zero-order chi connectivity index (χ0) is 24.0. The predicted octanol–water partition coefficient (Wildman–Crippen LogP) is 5.03. The van der Waals surface area contributed by atoms with Gasteiger partial charge in [0.1, 0.15) is 23.7 Å². The van der Waals surface area contributed by atoms with Crippen molar-refractivity contribution in [3.8, 4) is 16.9 Å². The molecule has 0 saturated carbocycles. The van der Waals surface area contributed by atoms with Crippen molar-refractivity contribution in [2.24, 2.45) is 0 Å². The van der Waals surface area contributed by atoms with E-state index in [9.17, 15) is 9.18 Å². The van der Waals surface area contributed by atoms with Crippen LogP contribution in [0.5, 0.6) is 5.75 Å². The number of aromatic nitrogens is 2. The van der Waals surface area contributed by atoms with Crippen molar-refractivity contribution < 1.29 is 13.9 Å². The molecule has 2 aromatic carbocycles. The number of ether oxygens (including phenoxy) is 1. The van der Waals surface area contributed by atoms with Crippen LogP contribution in [0.3, 0.4) is 0 Å². The van der Waals surface area contributed by atoms with E-state index in [1.807, 2.05) is 17.9 Å². The van der Waals surface area contributed by atoms with Gasteiger partial charge >= 0.3 is 0 Å². The van der Waals surface area contributed by atoms with Crippen molar-refractivity contribution in [1.82, 2.24) is 14.9 Å². The van der Waals surface area contributed by atoms with Gasteiger partial charge in [0.15, 0.2) is 0 Å². The van der Waals surface area contributed by atoms with Crippen LogP contribution in [-0.4, -0.2) is 53.1 Å². The summed E-state index contributed by atoms with van der Waals surface area (Å²) in [4.78, 5) is 25.8. The van der Waals surface area contributed by atoms with Crippen LogP contribution in [0.2, 0.25) is 5.02 Å². The molecule has 2 atom stereocenters. The van der Waals surface area contributed by atoms with Crippen LogP contribution in [0.15, 0.2) is 43.2 Å². The van der Waals surface area contributed by atoms with Crippen molar-refractivity contribution in [2.75, 3.05) is 25.1 Å². The molecule has 2 saturated heterocycles. The maximum atomic E-state index is 15.0. The first-order chi connectivity index (χ1) is 16.5. The van der Waals surface area contributed by atoms with Crippen molar-refractivity contribution in [3.63, 3.8) is 0 Å². The number of hydrogen-bond donors (Lipinski definition) is 0. The van der Waals surface area contributed by atoms with Gasteiger partial charge in [0.25, 0.3) is 0 Å². The molecule has 1 aromatic heterocycles. The summed E-state index contributed by atoms with van der Waals surface area (Å²) in [5, 5.41) is 1.25. The van der Waals surface area contributed by atoms with Crippen LogP contribution in [0.4, 0.5) is 10.2 Å². The number of benzene rings is 2. The molecular weight excluding hydrogens is 455 g/mol. The van der Waals surface area contributed by atoms with Crippen LogP contribution in [0, 0.1) is 5.82 Å². The molecule has 0 spiro atoms. The molecule has 3 heterocycles. The van der Waals surface area contributed by atoms with E-state index in [4.69, 9.17) is 16.3 Å². The number of aryl methyl sites for hydroxylation is 1. The highest BCUT2D eigenvalue weighted by Gasteiger charge is 2.42. The molecule has 2 fully saturated rings. The summed E-state index contributed by atoms with van der Waals surface area (Å²) in [7, 11) is 1.52. The second kappa shape index (κ2) is 8.87. The second-order valence-corrected chi connectivity index (χ2v) is 9.12. The molecule has 1 amide bonds. The Hall–Kier alpha value is -3.19. The fourth-order valence-corrected chi connectivity index (χ4v) is 5.86.